The van der Waals surface area contributed by atoms with Gasteiger partial charge < -0.3 is 5.32 Å². The Morgan fingerprint density at radius 3 is 2.56 bits per heavy atom. The smallest absolute Gasteiger partial charge is 0.0537 e. The molecule has 18 heavy (non-hydrogen) atoms. The van der Waals surface area contributed by atoms with Crippen molar-refractivity contribution in [2.45, 2.75) is 75.9 Å². The second kappa shape index (κ2) is 4.37. The highest BCUT2D eigenvalue weighted by molar-refractivity contribution is 5.26. The van der Waals surface area contributed by atoms with Gasteiger partial charge in [-0.3, -0.25) is 4.68 Å². The predicted octanol–water partition coefficient (Wildman–Crippen LogP) is 3.13. The van der Waals surface area contributed by atoms with Gasteiger partial charge in [0.1, 0.15) is 0 Å². The van der Waals surface area contributed by atoms with Gasteiger partial charge in [0.2, 0.25) is 0 Å². The number of nitrogens with one attached hydrogen (secondary N) is 1. The van der Waals surface area contributed by atoms with Crippen LogP contribution in [-0.2, 0) is 6.54 Å². The molecule has 0 aromatic carbocycles. The first-order valence-corrected chi connectivity index (χ1v) is 7.71. The Morgan fingerprint density at radius 1 is 1.11 bits per heavy atom. The highest BCUT2D eigenvalue weighted by atomic mass is 15.3. The van der Waals surface area contributed by atoms with E-state index < -0.39 is 0 Å². The summed E-state index contributed by atoms with van der Waals surface area (Å²) >= 11 is 0. The Hall–Kier alpha value is -0.830. The van der Waals surface area contributed by atoms with Crippen molar-refractivity contribution in [3.63, 3.8) is 0 Å². The van der Waals surface area contributed by atoms with Crippen molar-refractivity contribution in [2.24, 2.45) is 0 Å². The molecule has 0 saturated heterocycles. The van der Waals surface area contributed by atoms with Crippen molar-refractivity contribution in [3.05, 3.63) is 17.5 Å². The second-order valence-corrected chi connectivity index (χ2v) is 6.37. The molecule has 3 aliphatic rings. The summed E-state index contributed by atoms with van der Waals surface area (Å²) < 4.78 is 2.40. The molecule has 3 fully saturated rings. The van der Waals surface area contributed by atoms with Gasteiger partial charge in [-0.2, -0.15) is 5.10 Å². The molecule has 0 radical (unpaired) electrons. The number of rotatable bonds is 5. The van der Waals surface area contributed by atoms with Gasteiger partial charge in [-0.05, 0) is 38.5 Å². The molecule has 3 heteroatoms. The minimum Gasteiger partial charge on any atom is -0.310 e. The predicted molar refractivity (Wildman–Crippen MR) is 71.6 cm³/mol. The van der Waals surface area contributed by atoms with E-state index in [1.54, 1.807) is 5.69 Å². The lowest BCUT2D eigenvalue weighted by molar-refractivity contribution is 0.449. The zero-order valence-corrected chi connectivity index (χ0v) is 11.1. The van der Waals surface area contributed by atoms with E-state index in [-0.39, 0.29) is 0 Å². The van der Waals surface area contributed by atoms with Crippen LogP contribution < -0.4 is 5.32 Å². The van der Waals surface area contributed by atoms with Crippen molar-refractivity contribution in [1.82, 2.24) is 15.1 Å². The Balaban J connectivity index is 1.56. The first-order chi connectivity index (χ1) is 8.92. The third-order valence-electron chi connectivity index (χ3n) is 4.71. The topological polar surface area (TPSA) is 29.9 Å². The second-order valence-electron chi connectivity index (χ2n) is 6.37. The standard InChI is InChI=1S/C15H23N3/c1-2-4-14(3-1)18-15(11-5-6-11)12(10-17-18)9-16-13-7-8-13/h10-11,13-14,16H,1-9H2. The average Bonchev–Trinajstić information content (AvgIpc) is 3.30. The van der Waals surface area contributed by atoms with Crippen LogP contribution in [0.2, 0.25) is 0 Å². The summed E-state index contributed by atoms with van der Waals surface area (Å²) in [6, 6.07) is 1.50. The molecule has 1 heterocycles. The molecule has 3 aliphatic carbocycles. The van der Waals surface area contributed by atoms with Crippen molar-refractivity contribution in [1.29, 1.82) is 0 Å². The van der Waals surface area contributed by atoms with E-state index in [2.05, 4.69) is 16.2 Å². The quantitative estimate of drug-likeness (QED) is 0.863. The molecule has 0 atom stereocenters. The van der Waals surface area contributed by atoms with E-state index >= 15 is 0 Å². The van der Waals surface area contributed by atoms with Crippen LogP contribution in [0.15, 0.2) is 6.20 Å². The summed E-state index contributed by atoms with van der Waals surface area (Å²) in [5.74, 6) is 0.823. The summed E-state index contributed by atoms with van der Waals surface area (Å²) in [6.45, 7) is 1.04. The van der Waals surface area contributed by atoms with Crippen LogP contribution in [0.5, 0.6) is 0 Å². The van der Waals surface area contributed by atoms with Gasteiger partial charge in [0.15, 0.2) is 0 Å². The van der Waals surface area contributed by atoms with E-state index in [0.29, 0.717) is 6.04 Å². The summed E-state index contributed by atoms with van der Waals surface area (Å²) in [6.07, 6.45) is 13.1. The Bertz CT molecular complexity index is 423. The number of hydrogen-bond donors (Lipinski definition) is 1. The number of nitrogens with zero attached hydrogens (tertiary/aromatic N) is 2. The molecule has 0 unspecified atom stereocenters. The highest BCUT2D eigenvalue weighted by Gasteiger charge is 2.33. The fraction of sp³-hybridized carbons (Fsp3) is 0.800. The molecule has 0 spiro atoms. The molecule has 3 saturated carbocycles. The zero-order chi connectivity index (χ0) is 11.9. The third-order valence-corrected chi connectivity index (χ3v) is 4.71. The average molecular weight is 245 g/mol. The Labute approximate surface area is 109 Å². The minimum absolute atomic E-state index is 0.704. The van der Waals surface area contributed by atoms with Crippen molar-refractivity contribution in [3.8, 4) is 0 Å². The summed E-state index contributed by atoms with van der Waals surface area (Å²) in [5, 5.41) is 8.38. The minimum atomic E-state index is 0.704. The molecule has 0 bridgehead atoms. The third kappa shape index (κ3) is 2.09. The van der Waals surface area contributed by atoms with E-state index in [9.17, 15) is 0 Å². The van der Waals surface area contributed by atoms with Crippen LogP contribution in [0.1, 0.15) is 74.6 Å². The van der Waals surface area contributed by atoms with Crippen LogP contribution in [0, 0.1) is 0 Å². The normalized spacial score (nSPS) is 24.9. The van der Waals surface area contributed by atoms with Gasteiger partial charge in [-0.25, -0.2) is 0 Å². The van der Waals surface area contributed by atoms with Crippen LogP contribution in [0.4, 0.5) is 0 Å². The van der Waals surface area contributed by atoms with Crippen LogP contribution in [0.25, 0.3) is 0 Å². The summed E-state index contributed by atoms with van der Waals surface area (Å²) in [5.41, 5.74) is 3.06. The molecule has 1 N–H and O–H groups in total. The zero-order valence-electron chi connectivity index (χ0n) is 11.1. The number of hydrogen-bond acceptors (Lipinski definition) is 2. The first-order valence-electron chi connectivity index (χ1n) is 7.71. The van der Waals surface area contributed by atoms with Crippen LogP contribution in [0.3, 0.4) is 0 Å². The molecule has 1 aromatic heterocycles. The van der Waals surface area contributed by atoms with Crippen LogP contribution >= 0.6 is 0 Å². The number of aromatic nitrogens is 2. The lowest BCUT2D eigenvalue weighted by Crippen LogP contribution is -2.17. The highest BCUT2D eigenvalue weighted by Crippen LogP contribution is 2.44. The van der Waals surface area contributed by atoms with Gasteiger partial charge in [0, 0.05) is 29.8 Å². The van der Waals surface area contributed by atoms with Gasteiger partial charge in [0.25, 0.3) is 0 Å². The molecule has 1 aromatic rings. The molecule has 0 amide bonds. The largest absolute Gasteiger partial charge is 0.310 e. The lowest BCUT2D eigenvalue weighted by atomic mass is 10.1. The lowest BCUT2D eigenvalue weighted by Gasteiger charge is -2.15. The fourth-order valence-corrected chi connectivity index (χ4v) is 3.33. The molecule has 0 aliphatic heterocycles. The molecular formula is C15H23N3. The maximum absolute atomic E-state index is 4.73. The van der Waals surface area contributed by atoms with Gasteiger partial charge in [0.05, 0.1) is 12.2 Å². The maximum atomic E-state index is 4.73. The van der Waals surface area contributed by atoms with E-state index in [0.717, 1.165) is 18.5 Å². The Kier molecular flexibility index (Phi) is 2.68. The van der Waals surface area contributed by atoms with Gasteiger partial charge in [-0.1, -0.05) is 12.8 Å². The Morgan fingerprint density at radius 2 is 1.89 bits per heavy atom. The van der Waals surface area contributed by atoms with E-state index in [1.165, 1.54) is 56.9 Å². The van der Waals surface area contributed by atoms with Gasteiger partial charge in [-0.15, -0.1) is 0 Å². The molecule has 98 valence electrons. The molecular weight excluding hydrogens is 222 g/mol. The van der Waals surface area contributed by atoms with E-state index in [1.807, 2.05) is 0 Å². The fourth-order valence-electron chi connectivity index (χ4n) is 3.33. The molecule has 3 nitrogen and oxygen atoms in total. The maximum Gasteiger partial charge on any atom is 0.0537 e. The van der Waals surface area contributed by atoms with Crippen LogP contribution in [-0.4, -0.2) is 15.8 Å². The van der Waals surface area contributed by atoms with Crippen molar-refractivity contribution in [2.75, 3.05) is 0 Å². The molecule has 4 rings (SSSR count). The van der Waals surface area contributed by atoms with Gasteiger partial charge >= 0.3 is 0 Å². The van der Waals surface area contributed by atoms with Crippen molar-refractivity contribution >= 4 is 0 Å². The summed E-state index contributed by atoms with van der Waals surface area (Å²) in [7, 11) is 0. The summed E-state index contributed by atoms with van der Waals surface area (Å²) in [4.78, 5) is 0. The monoisotopic (exact) mass is 245 g/mol. The first kappa shape index (κ1) is 11.0. The SMILES string of the molecule is c1nn(C2CCCC2)c(C2CC2)c1CNC1CC1. The van der Waals surface area contributed by atoms with Crippen molar-refractivity contribution < 1.29 is 0 Å². The van der Waals surface area contributed by atoms with E-state index in [4.69, 9.17) is 5.10 Å².